The van der Waals surface area contributed by atoms with E-state index >= 15 is 0 Å². The van der Waals surface area contributed by atoms with E-state index in [-0.39, 0.29) is 0 Å². The van der Waals surface area contributed by atoms with Gasteiger partial charge in [0.05, 0.1) is 0 Å². The highest BCUT2D eigenvalue weighted by Crippen LogP contribution is 2.29. The lowest BCUT2D eigenvalue weighted by Crippen LogP contribution is -2.16. The zero-order valence-electron chi connectivity index (χ0n) is 9.46. The Morgan fingerprint density at radius 2 is 2.00 bits per heavy atom. The minimum Gasteiger partial charge on any atom is -0.369 e. The number of rotatable bonds is 4. The maximum atomic E-state index is 4.28. The van der Waals surface area contributed by atoms with Gasteiger partial charge in [-0.1, -0.05) is 12.8 Å². The lowest BCUT2D eigenvalue weighted by Gasteiger charge is -2.15. The Morgan fingerprint density at radius 3 is 2.69 bits per heavy atom. The van der Waals surface area contributed by atoms with Crippen LogP contribution >= 0.6 is 15.9 Å². The zero-order valence-corrected chi connectivity index (χ0v) is 11.0. The van der Waals surface area contributed by atoms with Gasteiger partial charge in [0.1, 0.15) is 22.4 Å². The number of hydrogen-bond acceptors (Lipinski definition) is 4. The summed E-state index contributed by atoms with van der Waals surface area (Å²) in [5.41, 5.74) is 0. The van der Waals surface area contributed by atoms with Crippen LogP contribution in [-0.4, -0.2) is 22.6 Å². The molecule has 0 bridgehead atoms. The summed E-state index contributed by atoms with van der Waals surface area (Å²) in [6.07, 6.45) is 6.72. The average molecular weight is 285 g/mol. The first-order valence-corrected chi connectivity index (χ1v) is 6.61. The van der Waals surface area contributed by atoms with Crippen LogP contribution in [0, 0.1) is 0 Å². The molecule has 0 spiro atoms. The normalized spacial score (nSPS) is 16.4. The van der Waals surface area contributed by atoms with Crippen LogP contribution in [0.25, 0.3) is 0 Å². The summed E-state index contributed by atoms with van der Waals surface area (Å²) in [4.78, 5) is 8.47. The van der Waals surface area contributed by atoms with Crippen LogP contribution in [0.15, 0.2) is 10.8 Å². The molecular formula is C11H17BrN4. The van der Waals surface area contributed by atoms with Crippen molar-refractivity contribution < 1.29 is 0 Å². The molecule has 0 aromatic carbocycles. The molecule has 1 fully saturated rings. The number of anilines is 2. The van der Waals surface area contributed by atoms with Gasteiger partial charge in [-0.25, -0.2) is 9.97 Å². The molecule has 0 radical (unpaired) electrons. The molecule has 88 valence electrons. The molecule has 0 saturated heterocycles. The Balaban J connectivity index is 2.10. The van der Waals surface area contributed by atoms with Gasteiger partial charge in [-0.05, 0) is 35.7 Å². The summed E-state index contributed by atoms with van der Waals surface area (Å²) in [6.45, 7) is 2.91. The van der Waals surface area contributed by atoms with E-state index in [9.17, 15) is 0 Å². The molecule has 0 aliphatic heterocycles. The van der Waals surface area contributed by atoms with Crippen molar-refractivity contribution in [1.29, 1.82) is 0 Å². The lowest BCUT2D eigenvalue weighted by molar-refractivity contribution is 0.749. The first kappa shape index (κ1) is 11.6. The number of halogens is 1. The van der Waals surface area contributed by atoms with Gasteiger partial charge in [0, 0.05) is 12.6 Å². The Morgan fingerprint density at radius 1 is 1.31 bits per heavy atom. The summed E-state index contributed by atoms with van der Waals surface area (Å²) in [6, 6.07) is 0.570. The molecule has 1 aromatic heterocycles. The predicted octanol–water partition coefficient (Wildman–Crippen LogP) is 3.03. The second kappa shape index (κ2) is 5.48. The molecule has 2 N–H and O–H groups in total. The van der Waals surface area contributed by atoms with Gasteiger partial charge in [0.2, 0.25) is 0 Å². The van der Waals surface area contributed by atoms with E-state index in [1.165, 1.54) is 25.7 Å². The van der Waals surface area contributed by atoms with E-state index in [4.69, 9.17) is 0 Å². The SMILES string of the molecule is CCNc1ncnc(NC2CCCC2)c1Br. The summed E-state index contributed by atoms with van der Waals surface area (Å²) in [5.74, 6) is 1.76. The molecule has 5 heteroatoms. The second-order valence-corrected chi connectivity index (χ2v) is 4.83. The Kier molecular flexibility index (Phi) is 3.98. The largest absolute Gasteiger partial charge is 0.369 e. The van der Waals surface area contributed by atoms with E-state index in [0.29, 0.717) is 6.04 Å². The van der Waals surface area contributed by atoms with Crippen molar-refractivity contribution in [2.75, 3.05) is 17.2 Å². The Bertz CT molecular complexity index is 350. The lowest BCUT2D eigenvalue weighted by atomic mass is 10.2. The molecule has 1 aliphatic rings. The van der Waals surface area contributed by atoms with Crippen LogP contribution in [0.2, 0.25) is 0 Å². The number of aromatic nitrogens is 2. The van der Waals surface area contributed by atoms with Gasteiger partial charge in [0.15, 0.2) is 0 Å². The summed E-state index contributed by atoms with van der Waals surface area (Å²) in [5, 5.41) is 6.67. The van der Waals surface area contributed by atoms with Crippen LogP contribution in [0.4, 0.5) is 11.6 Å². The maximum Gasteiger partial charge on any atom is 0.146 e. The third-order valence-corrected chi connectivity index (χ3v) is 3.58. The monoisotopic (exact) mass is 284 g/mol. The molecule has 1 aliphatic carbocycles. The molecule has 1 saturated carbocycles. The van der Waals surface area contributed by atoms with E-state index < -0.39 is 0 Å². The fourth-order valence-corrected chi connectivity index (χ4v) is 2.48. The van der Waals surface area contributed by atoms with Gasteiger partial charge < -0.3 is 10.6 Å². The number of nitrogens with zero attached hydrogens (tertiary/aromatic N) is 2. The fourth-order valence-electron chi connectivity index (χ4n) is 2.02. The van der Waals surface area contributed by atoms with Crippen LogP contribution in [0.1, 0.15) is 32.6 Å². The second-order valence-electron chi connectivity index (χ2n) is 4.04. The first-order valence-electron chi connectivity index (χ1n) is 5.82. The molecule has 0 unspecified atom stereocenters. The van der Waals surface area contributed by atoms with Crippen LogP contribution in [-0.2, 0) is 0 Å². The van der Waals surface area contributed by atoms with Gasteiger partial charge in [-0.15, -0.1) is 0 Å². The van der Waals surface area contributed by atoms with Gasteiger partial charge in [-0.3, -0.25) is 0 Å². The Labute approximate surface area is 104 Å². The minimum atomic E-state index is 0.570. The zero-order chi connectivity index (χ0) is 11.4. The highest BCUT2D eigenvalue weighted by Gasteiger charge is 2.17. The van der Waals surface area contributed by atoms with E-state index in [1.807, 2.05) is 0 Å². The average Bonchev–Trinajstić information content (AvgIpc) is 2.77. The third-order valence-electron chi connectivity index (χ3n) is 2.83. The van der Waals surface area contributed by atoms with Crippen molar-refractivity contribution in [3.63, 3.8) is 0 Å². The molecule has 16 heavy (non-hydrogen) atoms. The number of hydrogen-bond donors (Lipinski definition) is 2. The van der Waals surface area contributed by atoms with E-state index in [2.05, 4.69) is 43.5 Å². The molecule has 1 heterocycles. The highest BCUT2D eigenvalue weighted by atomic mass is 79.9. The van der Waals surface area contributed by atoms with E-state index in [1.54, 1.807) is 6.33 Å². The smallest absolute Gasteiger partial charge is 0.146 e. The van der Waals surface area contributed by atoms with Crippen LogP contribution in [0.3, 0.4) is 0 Å². The van der Waals surface area contributed by atoms with Crippen LogP contribution < -0.4 is 10.6 Å². The standard InChI is InChI=1S/C11H17BrN4/c1-2-13-10-9(12)11(15-7-14-10)16-8-5-3-4-6-8/h7-8H,2-6H2,1H3,(H2,13,14,15,16). The Hall–Kier alpha value is -0.840. The van der Waals surface area contributed by atoms with Crippen molar-refractivity contribution in [3.05, 3.63) is 10.8 Å². The molecular weight excluding hydrogens is 268 g/mol. The molecule has 0 atom stereocenters. The van der Waals surface area contributed by atoms with Crippen molar-refractivity contribution in [2.45, 2.75) is 38.6 Å². The summed E-state index contributed by atoms with van der Waals surface area (Å²) in [7, 11) is 0. The van der Waals surface area contributed by atoms with Crippen molar-refractivity contribution in [1.82, 2.24) is 9.97 Å². The topological polar surface area (TPSA) is 49.8 Å². The highest BCUT2D eigenvalue weighted by molar-refractivity contribution is 9.10. The van der Waals surface area contributed by atoms with Crippen molar-refractivity contribution in [3.8, 4) is 0 Å². The fraction of sp³-hybridized carbons (Fsp3) is 0.636. The number of nitrogens with one attached hydrogen (secondary N) is 2. The molecule has 4 nitrogen and oxygen atoms in total. The van der Waals surface area contributed by atoms with Gasteiger partial charge in [-0.2, -0.15) is 0 Å². The van der Waals surface area contributed by atoms with Crippen molar-refractivity contribution >= 4 is 27.6 Å². The maximum absolute atomic E-state index is 4.28. The van der Waals surface area contributed by atoms with Gasteiger partial charge in [0.25, 0.3) is 0 Å². The quantitative estimate of drug-likeness (QED) is 0.892. The minimum absolute atomic E-state index is 0.570. The van der Waals surface area contributed by atoms with Crippen molar-refractivity contribution in [2.24, 2.45) is 0 Å². The van der Waals surface area contributed by atoms with Crippen LogP contribution in [0.5, 0.6) is 0 Å². The molecule has 1 aromatic rings. The first-order chi connectivity index (χ1) is 7.81. The predicted molar refractivity (Wildman–Crippen MR) is 69.8 cm³/mol. The summed E-state index contributed by atoms with van der Waals surface area (Å²) < 4.78 is 0.934. The van der Waals surface area contributed by atoms with E-state index in [0.717, 1.165) is 22.7 Å². The molecule has 2 rings (SSSR count). The van der Waals surface area contributed by atoms with Gasteiger partial charge >= 0.3 is 0 Å². The molecule has 0 amide bonds. The summed E-state index contributed by atoms with van der Waals surface area (Å²) >= 11 is 3.54. The third kappa shape index (κ3) is 2.64.